The van der Waals surface area contributed by atoms with Crippen molar-refractivity contribution < 1.29 is 4.79 Å². The zero-order chi connectivity index (χ0) is 22.5. The Hall–Kier alpha value is -3.86. The fraction of sp³-hybridized carbons (Fsp3) is 0.185. The summed E-state index contributed by atoms with van der Waals surface area (Å²) in [6.45, 7) is 2.86. The predicted octanol–water partition coefficient (Wildman–Crippen LogP) is 4.76. The molecular weight excluding hydrogens is 396 g/mol. The van der Waals surface area contributed by atoms with E-state index in [9.17, 15) is 4.79 Å². The van der Waals surface area contributed by atoms with E-state index in [1.54, 1.807) is 6.21 Å². The van der Waals surface area contributed by atoms with Gasteiger partial charge in [-0.15, -0.1) is 0 Å². The molecule has 0 saturated carbocycles. The van der Waals surface area contributed by atoms with Gasteiger partial charge in [-0.3, -0.25) is 4.79 Å². The number of benzene rings is 3. The second-order valence-electron chi connectivity index (χ2n) is 8.11. The highest BCUT2D eigenvalue weighted by Gasteiger charge is 2.16. The molecule has 162 valence electrons. The van der Waals surface area contributed by atoms with Gasteiger partial charge >= 0.3 is 0 Å². The fourth-order valence-electron chi connectivity index (χ4n) is 3.93. The minimum absolute atomic E-state index is 0.128. The van der Waals surface area contributed by atoms with Gasteiger partial charge in [0, 0.05) is 42.9 Å². The van der Waals surface area contributed by atoms with E-state index in [4.69, 9.17) is 0 Å². The summed E-state index contributed by atoms with van der Waals surface area (Å²) < 4.78 is 2.28. The summed E-state index contributed by atoms with van der Waals surface area (Å²) in [5, 5.41) is 5.26. The molecule has 1 aromatic heterocycles. The first-order valence-corrected chi connectivity index (χ1v) is 10.7. The average molecular weight is 425 g/mol. The highest BCUT2D eigenvalue weighted by atomic mass is 16.2. The minimum Gasteiger partial charge on any atom is -0.378 e. The molecule has 0 aliphatic rings. The lowest BCUT2D eigenvalue weighted by Gasteiger charge is -2.11. The number of fused-ring (bicyclic) bond motifs is 1. The molecule has 3 aromatic carbocycles. The van der Waals surface area contributed by atoms with Gasteiger partial charge in [0.25, 0.3) is 0 Å². The lowest BCUT2D eigenvalue weighted by atomic mass is 10.1. The number of para-hydroxylation sites is 1. The van der Waals surface area contributed by atoms with Crippen molar-refractivity contribution in [3.63, 3.8) is 0 Å². The molecule has 32 heavy (non-hydrogen) atoms. The van der Waals surface area contributed by atoms with Crippen LogP contribution < -0.4 is 10.3 Å². The van der Waals surface area contributed by atoms with Crippen LogP contribution in [0.15, 0.2) is 84.0 Å². The van der Waals surface area contributed by atoms with Crippen molar-refractivity contribution in [2.24, 2.45) is 5.10 Å². The third kappa shape index (κ3) is 4.72. The number of aromatic nitrogens is 1. The Balaban J connectivity index is 1.50. The Morgan fingerprint density at radius 3 is 2.38 bits per heavy atom. The molecule has 0 radical (unpaired) electrons. The number of carbonyl (C=O) groups excluding carboxylic acids is 1. The van der Waals surface area contributed by atoms with Gasteiger partial charge in [-0.05, 0) is 41.8 Å². The van der Waals surface area contributed by atoms with E-state index in [0.717, 1.165) is 40.0 Å². The van der Waals surface area contributed by atoms with Crippen molar-refractivity contribution in [1.82, 2.24) is 9.99 Å². The van der Waals surface area contributed by atoms with E-state index in [0.29, 0.717) is 0 Å². The fourth-order valence-corrected chi connectivity index (χ4v) is 3.93. The summed E-state index contributed by atoms with van der Waals surface area (Å²) >= 11 is 0. The number of rotatable bonds is 7. The molecule has 0 fully saturated rings. The topological polar surface area (TPSA) is 49.6 Å². The molecular formula is C27H28N4O. The Morgan fingerprint density at radius 1 is 0.969 bits per heavy atom. The summed E-state index contributed by atoms with van der Waals surface area (Å²) in [6.07, 6.45) is 1.95. The molecule has 0 spiro atoms. The van der Waals surface area contributed by atoms with E-state index in [2.05, 4.69) is 58.4 Å². The van der Waals surface area contributed by atoms with Crippen molar-refractivity contribution in [2.75, 3.05) is 19.0 Å². The molecule has 0 atom stereocenters. The summed E-state index contributed by atoms with van der Waals surface area (Å²) in [5.41, 5.74) is 9.25. The molecule has 0 saturated heterocycles. The molecule has 4 aromatic rings. The largest absolute Gasteiger partial charge is 0.378 e. The summed E-state index contributed by atoms with van der Waals surface area (Å²) in [7, 11) is 4.00. The van der Waals surface area contributed by atoms with Crippen LogP contribution in [-0.4, -0.2) is 30.8 Å². The number of nitrogens with zero attached hydrogens (tertiary/aromatic N) is 3. The molecule has 1 amide bonds. The number of nitrogens with one attached hydrogen (secondary N) is 1. The Kier molecular flexibility index (Phi) is 6.36. The first-order chi connectivity index (χ1) is 15.5. The van der Waals surface area contributed by atoms with Crippen LogP contribution in [0.3, 0.4) is 0 Å². The number of carbonyl (C=O) groups is 1. The smallest absolute Gasteiger partial charge is 0.244 e. The van der Waals surface area contributed by atoms with Crippen molar-refractivity contribution in [2.45, 2.75) is 19.9 Å². The van der Waals surface area contributed by atoms with Gasteiger partial charge in [0.1, 0.15) is 0 Å². The zero-order valence-corrected chi connectivity index (χ0v) is 18.7. The number of hydrazone groups is 1. The number of anilines is 1. The van der Waals surface area contributed by atoms with Crippen molar-refractivity contribution in [3.05, 3.63) is 101 Å². The second-order valence-corrected chi connectivity index (χ2v) is 8.11. The molecule has 0 unspecified atom stereocenters. The summed E-state index contributed by atoms with van der Waals surface area (Å²) in [6, 6.07) is 26.6. The lowest BCUT2D eigenvalue weighted by molar-refractivity contribution is -0.120. The molecule has 0 bridgehead atoms. The van der Waals surface area contributed by atoms with Crippen molar-refractivity contribution >= 4 is 28.7 Å². The van der Waals surface area contributed by atoms with Crippen LogP contribution in [-0.2, 0) is 17.8 Å². The summed E-state index contributed by atoms with van der Waals surface area (Å²) in [5.74, 6) is -0.128. The molecule has 5 nitrogen and oxygen atoms in total. The van der Waals surface area contributed by atoms with Gasteiger partial charge in [0.05, 0.1) is 12.6 Å². The maximum atomic E-state index is 12.7. The van der Waals surface area contributed by atoms with Gasteiger partial charge in [0.2, 0.25) is 5.91 Å². The normalized spacial score (nSPS) is 11.2. The lowest BCUT2D eigenvalue weighted by Crippen LogP contribution is -2.20. The molecule has 1 N–H and O–H groups in total. The van der Waals surface area contributed by atoms with E-state index in [-0.39, 0.29) is 12.3 Å². The molecule has 4 rings (SSSR count). The third-order valence-corrected chi connectivity index (χ3v) is 5.69. The van der Waals surface area contributed by atoms with Gasteiger partial charge in [-0.1, -0.05) is 60.7 Å². The SMILES string of the molecule is Cc1c(CC(=O)NN=Cc2ccc(N(C)C)cc2)c2ccccc2n1Cc1ccccc1. The number of amides is 1. The van der Waals surface area contributed by atoms with Crippen LogP contribution in [0.1, 0.15) is 22.4 Å². The predicted molar refractivity (Wildman–Crippen MR) is 132 cm³/mol. The zero-order valence-electron chi connectivity index (χ0n) is 18.7. The standard InChI is InChI=1S/C27H28N4O/c1-20-25(17-27(32)29-28-18-21-13-15-23(16-14-21)30(2)3)24-11-7-8-12-26(24)31(20)19-22-9-5-4-6-10-22/h4-16,18H,17,19H2,1-3H3,(H,29,32). The Morgan fingerprint density at radius 2 is 1.66 bits per heavy atom. The van der Waals surface area contributed by atoms with Crippen LogP contribution in [0.4, 0.5) is 5.69 Å². The van der Waals surface area contributed by atoms with Crippen LogP contribution in [0, 0.1) is 6.92 Å². The average Bonchev–Trinajstić information content (AvgIpc) is 3.06. The number of hydrogen-bond donors (Lipinski definition) is 1. The second kappa shape index (κ2) is 9.52. The van der Waals surface area contributed by atoms with Crippen LogP contribution in [0.2, 0.25) is 0 Å². The van der Waals surface area contributed by atoms with Crippen molar-refractivity contribution in [3.8, 4) is 0 Å². The van der Waals surface area contributed by atoms with Gasteiger partial charge in [0.15, 0.2) is 0 Å². The first kappa shape index (κ1) is 21.4. The van der Waals surface area contributed by atoms with Gasteiger partial charge in [-0.25, -0.2) is 5.43 Å². The highest BCUT2D eigenvalue weighted by molar-refractivity contribution is 5.91. The number of hydrogen-bond acceptors (Lipinski definition) is 3. The first-order valence-electron chi connectivity index (χ1n) is 10.7. The van der Waals surface area contributed by atoms with Crippen molar-refractivity contribution in [1.29, 1.82) is 0 Å². The molecule has 5 heteroatoms. The minimum atomic E-state index is -0.128. The monoisotopic (exact) mass is 424 g/mol. The van der Waals surface area contributed by atoms with Crippen LogP contribution >= 0.6 is 0 Å². The van der Waals surface area contributed by atoms with E-state index in [1.807, 2.05) is 61.5 Å². The maximum absolute atomic E-state index is 12.7. The van der Waals surface area contributed by atoms with E-state index in [1.165, 1.54) is 5.56 Å². The summed E-state index contributed by atoms with van der Waals surface area (Å²) in [4.78, 5) is 14.7. The van der Waals surface area contributed by atoms with Gasteiger partial charge in [-0.2, -0.15) is 5.10 Å². The quantitative estimate of drug-likeness (QED) is 0.344. The Labute approximate surface area is 189 Å². The molecule has 0 aliphatic carbocycles. The van der Waals surface area contributed by atoms with E-state index < -0.39 is 0 Å². The van der Waals surface area contributed by atoms with E-state index >= 15 is 0 Å². The van der Waals surface area contributed by atoms with Crippen LogP contribution in [0.5, 0.6) is 0 Å². The van der Waals surface area contributed by atoms with Crippen LogP contribution in [0.25, 0.3) is 10.9 Å². The van der Waals surface area contributed by atoms with Gasteiger partial charge < -0.3 is 9.47 Å². The Bertz CT molecular complexity index is 1240. The molecule has 1 heterocycles. The molecule has 0 aliphatic heterocycles. The maximum Gasteiger partial charge on any atom is 0.244 e. The third-order valence-electron chi connectivity index (χ3n) is 5.69. The highest BCUT2D eigenvalue weighted by Crippen LogP contribution is 2.27.